The van der Waals surface area contributed by atoms with Gasteiger partial charge in [0, 0.05) is 37.3 Å². The zero-order valence-electron chi connectivity index (χ0n) is 17.3. The standard InChI is InChI=1S/C22H26ClN5OS/c1-13-3-5-16-17(11-13)30-22-19(16)21(29)25-20(26-22)14(2)27-7-9-28(10-8-27)18-6-4-15(23)12-24-18/h4,6,12-14H,3,5,7-11H2,1-2H3,(H,25,26,29). The maximum absolute atomic E-state index is 12.9. The second-order valence-corrected chi connectivity index (χ2v) is 10.0. The zero-order chi connectivity index (χ0) is 20.8. The average molecular weight is 444 g/mol. The summed E-state index contributed by atoms with van der Waals surface area (Å²) >= 11 is 7.67. The highest BCUT2D eigenvalue weighted by Gasteiger charge is 2.27. The maximum atomic E-state index is 12.9. The SMILES string of the molecule is CC1CCc2c(sc3nc(C(C)N4CCN(c5ccc(Cl)cn5)CC4)[nH]c(=O)c23)C1. The van der Waals surface area contributed by atoms with Gasteiger partial charge in [0.1, 0.15) is 16.5 Å². The fourth-order valence-corrected chi connectivity index (χ4v) is 6.13. The van der Waals surface area contributed by atoms with Crippen molar-refractivity contribution in [3.05, 3.63) is 50.0 Å². The molecule has 0 saturated carbocycles. The van der Waals surface area contributed by atoms with Gasteiger partial charge < -0.3 is 9.88 Å². The number of hydrogen-bond acceptors (Lipinski definition) is 6. The van der Waals surface area contributed by atoms with Crippen LogP contribution >= 0.6 is 22.9 Å². The highest BCUT2D eigenvalue weighted by Crippen LogP contribution is 2.36. The van der Waals surface area contributed by atoms with Gasteiger partial charge in [-0.15, -0.1) is 11.3 Å². The lowest BCUT2D eigenvalue weighted by molar-refractivity contribution is 0.191. The summed E-state index contributed by atoms with van der Waals surface area (Å²) in [5, 5.41) is 1.48. The molecule has 2 aliphatic rings. The molecule has 1 N–H and O–H groups in total. The Morgan fingerprint density at radius 2 is 2.07 bits per heavy atom. The fraction of sp³-hybridized carbons (Fsp3) is 0.500. The first-order valence-electron chi connectivity index (χ1n) is 10.6. The molecule has 1 aliphatic carbocycles. The number of aromatic nitrogens is 3. The van der Waals surface area contributed by atoms with Crippen molar-refractivity contribution < 1.29 is 0 Å². The molecular weight excluding hydrogens is 418 g/mol. The summed E-state index contributed by atoms with van der Waals surface area (Å²) in [4.78, 5) is 32.3. The van der Waals surface area contributed by atoms with Crippen LogP contribution in [0.25, 0.3) is 10.2 Å². The molecule has 1 fully saturated rings. The predicted octanol–water partition coefficient (Wildman–Crippen LogP) is 4.04. The third-order valence-electron chi connectivity index (χ3n) is 6.48. The van der Waals surface area contributed by atoms with E-state index in [1.165, 1.54) is 10.4 Å². The van der Waals surface area contributed by atoms with Gasteiger partial charge in [0.05, 0.1) is 16.5 Å². The lowest BCUT2D eigenvalue weighted by Gasteiger charge is -2.38. The number of H-pyrrole nitrogens is 1. The van der Waals surface area contributed by atoms with Crippen molar-refractivity contribution in [2.45, 2.75) is 39.2 Å². The summed E-state index contributed by atoms with van der Waals surface area (Å²) in [6, 6.07) is 3.92. The van der Waals surface area contributed by atoms with Crippen molar-refractivity contribution in [1.29, 1.82) is 0 Å². The summed E-state index contributed by atoms with van der Waals surface area (Å²) < 4.78 is 0. The van der Waals surface area contributed by atoms with Gasteiger partial charge in [-0.1, -0.05) is 18.5 Å². The molecule has 0 amide bonds. The van der Waals surface area contributed by atoms with Crippen LogP contribution in [0.3, 0.4) is 0 Å². The number of hydrogen-bond donors (Lipinski definition) is 1. The molecule has 1 aliphatic heterocycles. The molecule has 3 aromatic rings. The summed E-state index contributed by atoms with van der Waals surface area (Å²) in [5.74, 6) is 2.42. The first kappa shape index (κ1) is 20.0. The van der Waals surface area contributed by atoms with E-state index in [-0.39, 0.29) is 11.6 Å². The van der Waals surface area contributed by atoms with Crippen LogP contribution in [-0.4, -0.2) is 46.0 Å². The van der Waals surface area contributed by atoms with E-state index >= 15 is 0 Å². The topological polar surface area (TPSA) is 65.1 Å². The molecule has 2 unspecified atom stereocenters. The van der Waals surface area contributed by atoms with Crippen molar-refractivity contribution in [2.24, 2.45) is 5.92 Å². The van der Waals surface area contributed by atoms with Gasteiger partial charge in [0.15, 0.2) is 0 Å². The van der Waals surface area contributed by atoms with Gasteiger partial charge in [-0.05, 0) is 49.8 Å². The average Bonchev–Trinajstić information content (AvgIpc) is 3.11. The van der Waals surface area contributed by atoms with Crippen LogP contribution in [0.1, 0.15) is 42.6 Å². The predicted molar refractivity (Wildman–Crippen MR) is 123 cm³/mol. The van der Waals surface area contributed by atoms with E-state index in [1.807, 2.05) is 12.1 Å². The Morgan fingerprint density at radius 1 is 1.27 bits per heavy atom. The second kappa shape index (κ2) is 7.94. The summed E-state index contributed by atoms with van der Waals surface area (Å²) in [6.07, 6.45) is 4.92. The number of nitrogens with zero attached hydrogens (tertiary/aromatic N) is 4. The van der Waals surface area contributed by atoms with Crippen LogP contribution < -0.4 is 10.5 Å². The molecule has 3 aromatic heterocycles. The highest BCUT2D eigenvalue weighted by atomic mass is 35.5. The quantitative estimate of drug-likeness (QED) is 0.661. The molecule has 0 bridgehead atoms. The van der Waals surface area contributed by atoms with E-state index in [2.05, 4.69) is 33.6 Å². The van der Waals surface area contributed by atoms with Crippen molar-refractivity contribution >= 4 is 39.0 Å². The maximum Gasteiger partial charge on any atom is 0.259 e. The molecule has 158 valence electrons. The Hall–Kier alpha value is -1.96. The number of anilines is 1. The summed E-state index contributed by atoms with van der Waals surface area (Å²) in [6.45, 7) is 7.98. The van der Waals surface area contributed by atoms with Crippen LogP contribution in [0, 0.1) is 5.92 Å². The number of rotatable bonds is 3. The Balaban J connectivity index is 1.34. The number of aromatic amines is 1. The largest absolute Gasteiger partial charge is 0.354 e. The first-order valence-corrected chi connectivity index (χ1v) is 11.8. The van der Waals surface area contributed by atoms with E-state index < -0.39 is 0 Å². The summed E-state index contributed by atoms with van der Waals surface area (Å²) in [7, 11) is 0. The van der Waals surface area contributed by atoms with E-state index in [1.54, 1.807) is 17.5 Å². The van der Waals surface area contributed by atoms with E-state index in [0.29, 0.717) is 10.9 Å². The molecular formula is C22H26ClN5OS. The third kappa shape index (κ3) is 3.63. The van der Waals surface area contributed by atoms with Crippen LogP contribution in [-0.2, 0) is 12.8 Å². The van der Waals surface area contributed by atoms with Crippen LogP contribution in [0.5, 0.6) is 0 Å². The number of piperazine rings is 1. The lowest BCUT2D eigenvalue weighted by atomic mass is 9.89. The lowest BCUT2D eigenvalue weighted by Crippen LogP contribution is -2.47. The third-order valence-corrected chi connectivity index (χ3v) is 7.85. The van der Waals surface area contributed by atoms with E-state index in [9.17, 15) is 4.79 Å². The number of halogens is 1. The number of thiophene rings is 1. The zero-order valence-corrected chi connectivity index (χ0v) is 18.9. The minimum absolute atomic E-state index is 0.0258. The molecule has 2 atom stereocenters. The molecule has 5 rings (SSSR count). The molecule has 0 radical (unpaired) electrons. The Morgan fingerprint density at radius 3 is 2.80 bits per heavy atom. The van der Waals surface area contributed by atoms with Crippen LogP contribution in [0.4, 0.5) is 5.82 Å². The summed E-state index contributed by atoms with van der Waals surface area (Å²) in [5.41, 5.74) is 1.27. The van der Waals surface area contributed by atoms with Crippen molar-refractivity contribution in [1.82, 2.24) is 19.9 Å². The van der Waals surface area contributed by atoms with Gasteiger partial charge in [0.25, 0.3) is 5.56 Å². The Kier molecular flexibility index (Phi) is 5.29. The molecule has 6 nitrogen and oxygen atoms in total. The van der Waals surface area contributed by atoms with Gasteiger partial charge in [-0.2, -0.15) is 0 Å². The van der Waals surface area contributed by atoms with E-state index in [4.69, 9.17) is 16.6 Å². The Labute approximate surface area is 184 Å². The van der Waals surface area contributed by atoms with Crippen molar-refractivity contribution in [3.63, 3.8) is 0 Å². The minimum atomic E-state index is 0.0258. The molecule has 0 aromatic carbocycles. The molecule has 30 heavy (non-hydrogen) atoms. The van der Waals surface area contributed by atoms with Crippen LogP contribution in [0.15, 0.2) is 23.1 Å². The molecule has 1 saturated heterocycles. The molecule has 8 heteroatoms. The Bertz CT molecular complexity index is 1120. The highest BCUT2D eigenvalue weighted by molar-refractivity contribution is 7.18. The van der Waals surface area contributed by atoms with Gasteiger partial charge in [-0.25, -0.2) is 9.97 Å². The van der Waals surface area contributed by atoms with E-state index in [0.717, 1.165) is 67.3 Å². The van der Waals surface area contributed by atoms with Gasteiger partial charge >= 0.3 is 0 Å². The van der Waals surface area contributed by atoms with Crippen LogP contribution in [0.2, 0.25) is 5.02 Å². The number of fused-ring (bicyclic) bond motifs is 3. The minimum Gasteiger partial charge on any atom is -0.354 e. The smallest absolute Gasteiger partial charge is 0.259 e. The van der Waals surface area contributed by atoms with Crippen molar-refractivity contribution in [3.8, 4) is 0 Å². The monoisotopic (exact) mass is 443 g/mol. The first-order chi connectivity index (χ1) is 14.5. The number of aryl methyl sites for hydroxylation is 1. The fourth-order valence-electron chi connectivity index (χ4n) is 4.63. The number of nitrogens with one attached hydrogen (secondary N) is 1. The number of pyridine rings is 1. The second-order valence-electron chi connectivity index (χ2n) is 8.52. The van der Waals surface area contributed by atoms with Crippen molar-refractivity contribution in [2.75, 3.05) is 31.1 Å². The molecule has 4 heterocycles. The normalized spacial score (nSPS) is 21.0. The van der Waals surface area contributed by atoms with Gasteiger partial charge in [0.2, 0.25) is 0 Å². The van der Waals surface area contributed by atoms with Gasteiger partial charge in [-0.3, -0.25) is 9.69 Å². The molecule has 0 spiro atoms.